The maximum atomic E-state index is 12.1. The standard InChI is InChI=1S/C14H19NO4/c1-8(2)9-4-5-13(19-3)10(6-9)12(16)7-11(15)14(17)18/h4-6,8,11H,7,15H2,1-3H3,(H,17,18). The molecule has 0 radical (unpaired) electrons. The second kappa shape index (κ2) is 6.33. The average Bonchev–Trinajstić information content (AvgIpc) is 2.37. The van der Waals surface area contributed by atoms with Crippen molar-refractivity contribution >= 4 is 11.8 Å². The van der Waals surface area contributed by atoms with Crippen molar-refractivity contribution in [2.45, 2.75) is 32.2 Å². The van der Waals surface area contributed by atoms with Crippen LogP contribution in [0.5, 0.6) is 5.75 Å². The minimum Gasteiger partial charge on any atom is -0.496 e. The molecule has 0 fully saturated rings. The van der Waals surface area contributed by atoms with Crippen molar-refractivity contribution in [1.29, 1.82) is 0 Å². The van der Waals surface area contributed by atoms with Crippen LogP contribution in [0.3, 0.4) is 0 Å². The summed E-state index contributed by atoms with van der Waals surface area (Å²) in [4.78, 5) is 22.8. The van der Waals surface area contributed by atoms with Gasteiger partial charge in [0.1, 0.15) is 11.8 Å². The van der Waals surface area contributed by atoms with E-state index in [2.05, 4.69) is 0 Å². The third kappa shape index (κ3) is 3.79. The highest BCUT2D eigenvalue weighted by Gasteiger charge is 2.20. The van der Waals surface area contributed by atoms with Crippen LogP contribution in [-0.4, -0.2) is 30.0 Å². The Hall–Kier alpha value is -1.88. The van der Waals surface area contributed by atoms with Crippen molar-refractivity contribution < 1.29 is 19.4 Å². The van der Waals surface area contributed by atoms with Gasteiger partial charge in [0.25, 0.3) is 0 Å². The van der Waals surface area contributed by atoms with Crippen LogP contribution < -0.4 is 10.5 Å². The van der Waals surface area contributed by atoms with Crippen LogP contribution in [0, 0.1) is 0 Å². The molecule has 1 atom stereocenters. The zero-order valence-corrected chi connectivity index (χ0v) is 11.3. The van der Waals surface area contributed by atoms with Gasteiger partial charge >= 0.3 is 5.97 Å². The van der Waals surface area contributed by atoms with Gasteiger partial charge in [0, 0.05) is 6.42 Å². The van der Waals surface area contributed by atoms with Crippen molar-refractivity contribution in [2.75, 3.05) is 7.11 Å². The molecule has 0 aliphatic rings. The Morgan fingerprint density at radius 3 is 2.47 bits per heavy atom. The van der Waals surface area contributed by atoms with E-state index in [4.69, 9.17) is 15.6 Å². The van der Waals surface area contributed by atoms with E-state index in [0.29, 0.717) is 11.3 Å². The van der Waals surface area contributed by atoms with Crippen molar-refractivity contribution in [3.05, 3.63) is 29.3 Å². The molecule has 0 amide bonds. The van der Waals surface area contributed by atoms with Crippen molar-refractivity contribution in [2.24, 2.45) is 5.73 Å². The van der Waals surface area contributed by atoms with E-state index in [1.165, 1.54) is 7.11 Å². The summed E-state index contributed by atoms with van der Waals surface area (Å²) in [6.07, 6.45) is -0.243. The molecule has 0 heterocycles. The maximum Gasteiger partial charge on any atom is 0.320 e. The van der Waals surface area contributed by atoms with Crippen molar-refractivity contribution in [3.63, 3.8) is 0 Å². The predicted molar refractivity (Wildman–Crippen MR) is 71.6 cm³/mol. The lowest BCUT2D eigenvalue weighted by atomic mass is 9.96. The lowest BCUT2D eigenvalue weighted by molar-refractivity contribution is -0.138. The molecule has 5 nitrogen and oxygen atoms in total. The smallest absolute Gasteiger partial charge is 0.320 e. The number of carbonyl (C=O) groups excluding carboxylic acids is 1. The largest absolute Gasteiger partial charge is 0.496 e. The quantitative estimate of drug-likeness (QED) is 0.765. The van der Waals surface area contributed by atoms with Crippen LogP contribution in [0.1, 0.15) is 42.1 Å². The van der Waals surface area contributed by atoms with Crippen LogP contribution in [-0.2, 0) is 4.79 Å². The lowest BCUT2D eigenvalue weighted by Crippen LogP contribution is -2.32. The summed E-state index contributed by atoms with van der Waals surface area (Å²) in [5.41, 5.74) is 6.76. The highest BCUT2D eigenvalue weighted by Crippen LogP contribution is 2.25. The number of aliphatic carboxylic acids is 1. The van der Waals surface area contributed by atoms with Crippen LogP contribution >= 0.6 is 0 Å². The molecule has 5 heteroatoms. The zero-order valence-electron chi connectivity index (χ0n) is 11.3. The van der Waals surface area contributed by atoms with Crippen LogP contribution in [0.2, 0.25) is 0 Å². The van der Waals surface area contributed by atoms with Gasteiger partial charge in [-0.25, -0.2) is 0 Å². The molecule has 1 aromatic rings. The Bertz CT molecular complexity index is 482. The van der Waals surface area contributed by atoms with Crippen molar-refractivity contribution in [1.82, 2.24) is 0 Å². The van der Waals surface area contributed by atoms with Crippen LogP contribution in [0.4, 0.5) is 0 Å². The van der Waals surface area contributed by atoms with Crippen molar-refractivity contribution in [3.8, 4) is 5.75 Å². The molecule has 0 spiro atoms. The molecule has 0 aromatic heterocycles. The van der Waals surface area contributed by atoms with Crippen LogP contribution in [0.25, 0.3) is 0 Å². The van der Waals surface area contributed by atoms with Gasteiger partial charge in [0.15, 0.2) is 5.78 Å². The van der Waals surface area contributed by atoms with E-state index >= 15 is 0 Å². The second-order valence-electron chi connectivity index (χ2n) is 4.69. The topological polar surface area (TPSA) is 89.6 Å². The minimum absolute atomic E-state index is 0.243. The Labute approximate surface area is 112 Å². The highest BCUT2D eigenvalue weighted by molar-refractivity contribution is 6.01. The summed E-state index contributed by atoms with van der Waals surface area (Å²) < 4.78 is 5.13. The van der Waals surface area contributed by atoms with Gasteiger partial charge in [0.2, 0.25) is 0 Å². The Morgan fingerprint density at radius 2 is 2.00 bits per heavy atom. The first-order chi connectivity index (χ1) is 8.86. The Kier molecular flexibility index (Phi) is 5.06. The normalized spacial score (nSPS) is 12.3. The summed E-state index contributed by atoms with van der Waals surface area (Å²) in [6.45, 7) is 4.03. The number of methoxy groups -OCH3 is 1. The number of rotatable bonds is 6. The molecule has 0 bridgehead atoms. The number of hydrogen-bond acceptors (Lipinski definition) is 4. The van der Waals surface area contributed by atoms with E-state index in [9.17, 15) is 9.59 Å². The number of ether oxygens (including phenoxy) is 1. The zero-order chi connectivity index (χ0) is 14.6. The molecule has 0 saturated heterocycles. The van der Waals surface area contributed by atoms with Gasteiger partial charge in [-0.15, -0.1) is 0 Å². The third-order valence-corrected chi connectivity index (χ3v) is 2.91. The summed E-state index contributed by atoms with van der Waals surface area (Å²) in [7, 11) is 1.47. The predicted octanol–water partition coefficient (Wildman–Crippen LogP) is 1.80. The molecule has 1 rings (SSSR count). The first-order valence-electron chi connectivity index (χ1n) is 6.06. The van der Waals surface area contributed by atoms with Crippen LogP contribution in [0.15, 0.2) is 18.2 Å². The summed E-state index contributed by atoms with van der Waals surface area (Å²) in [5, 5.41) is 8.74. The SMILES string of the molecule is COc1ccc(C(C)C)cc1C(=O)CC(N)C(=O)O. The minimum atomic E-state index is -1.19. The monoisotopic (exact) mass is 265 g/mol. The molecular formula is C14H19NO4. The number of nitrogens with two attached hydrogens (primary N) is 1. The van der Waals surface area contributed by atoms with Gasteiger partial charge in [-0.05, 0) is 23.6 Å². The van der Waals surface area contributed by atoms with Gasteiger partial charge in [-0.2, -0.15) is 0 Å². The second-order valence-corrected chi connectivity index (χ2v) is 4.69. The molecule has 3 N–H and O–H groups in total. The van der Waals surface area contributed by atoms with E-state index in [-0.39, 0.29) is 18.1 Å². The number of carboxylic acids is 1. The summed E-state index contributed by atoms with van der Waals surface area (Å²) in [5.74, 6) is -0.806. The molecule has 0 aliphatic heterocycles. The van der Waals surface area contributed by atoms with Gasteiger partial charge in [-0.1, -0.05) is 19.9 Å². The summed E-state index contributed by atoms with van der Waals surface area (Å²) >= 11 is 0. The molecule has 19 heavy (non-hydrogen) atoms. The van der Waals surface area contributed by atoms with Gasteiger partial charge < -0.3 is 15.6 Å². The Balaban J connectivity index is 3.05. The molecule has 0 saturated carbocycles. The number of carbonyl (C=O) groups is 2. The number of ketones is 1. The van der Waals surface area contributed by atoms with Gasteiger partial charge in [-0.3, -0.25) is 9.59 Å². The number of Topliss-reactive ketones (excluding diaryl/α,β-unsaturated/α-hetero) is 1. The molecule has 1 unspecified atom stereocenters. The Morgan fingerprint density at radius 1 is 1.37 bits per heavy atom. The first kappa shape index (κ1) is 15.2. The third-order valence-electron chi connectivity index (χ3n) is 2.91. The molecular weight excluding hydrogens is 246 g/mol. The maximum absolute atomic E-state index is 12.1. The van der Waals surface area contributed by atoms with Gasteiger partial charge in [0.05, 0.1) is 12.7 Å². The number of benzene rings is 1. The molecule has 104 valence electrons. The molecule has 0 aliphatic carbocycles. The van der Waals surface area contributed by atoms with E-state index < -0.39 is 12.0 Å². The first-order valence-corrected chi connectivity index (χ1v) is 6.06. The fourth-order valence-electron chi connectivity index (χ4n) is 1.70. The lowest BCUT2D eigenvalue weighted by Gasteiger charge is -2.13. The highest BCUT2D eigenvalue weighted by atomic mass is 16.5. The number of hydrogen-bond donors (Lipinski definition) is 2. The van der Waals surface area contributed by atoms with E-state index in [1.54, 1.807) is 12.1 Å². The van der Waals surface area contributed by atoms with E-state index in [1.807, 2.05) is 19.9 Å². The van der Waals surface area contributed by atoms with E-state index in [0.717, 1.165) is 5.56 Å². The molecule has 1 aromatic carbocycles. The fraction of sp³-hybridized carbons (Fsp3) is 0.429. The number of carboxylic acid groups (broad SMARTS) is 1. The average molecular weight is 265 g/mol. The summed E-state index contributed by atoms with van der Waals surface area (Å²) in [6, 6.07) is 4.15. The fourth-order valence-corrected chi connectivity index (χ4v) is 1.70.